The van der Waals surface area contributed by atoms with Gasteiger partial charge in [-0.1, -0.05) is 6.92 Å². The summed E-state index contributed by atoms with van der Waals surface area (Å²) in [6.07, 6.45) is 4.05. The summed E-state index contributed by atoms with van der Waals surface area (Å²) in [7, 11) is 0. The number of hydrogen-bond acceptors (Lipinski definition) is 4. The zero-order chi connectivity index (χ0) is 13.1. The Morgan fingerprint density at radius 1 is 1.33 bits per heavy atom. The van der Waals surface area contributed by atoms with Crippen LogP contribution in [0.4, 0.5) is 0 Å². The first-order valence-electron chi connectivity index (χ1n) is 6.06. The van der Waals surface area contributed by atoms with Gasteiger partial charge < -0.3 is 0 Å². The Kier molecular flexibility index (Phi) is 3.50. The number of carbonyl (C=O) groups is 1. The van der Waals surface area contributed by atoms with E-state index < -0.39 is 0 Å². The Bertz CT molecular complexity index is 574. The predicted molar refractivity (Wildman–Crippen MR) is 67.5 cm³/mol. The number of carbonyl (C=O) groups excluding carboxylic acids is 1. The molecule has 0 aromatic carbocycles. The zero-order valence-corrected chi connectivity index (χ0v) is 10.8. The maximum atomic E-state index is 12.4. The summed E-state index contributed by atoms with van der Waals surface area (Å²) < 4.78 is 1.74. The summed E-state index contributed by atoms with van der Waals surface area (Å²) in [6.45, 7) is 6.53. The summed E-state index contributed by atoms with van der Waals surface area (Å²) in [5.41, 5.74) is 2.70. The molecule has 2 aromatic rings. The molecule has 0 atom stereocenters. The van der Waals surface area contributed by atoms with E-state index in [4.69, 9.17) is 0 Å². The molecular formula is C13H16N4O. The molecule has 2 heterocycles. The Morgan fingerprint density at radius 2 is 2.11 bits per heavy atom. The van der Waals surface area contributed by atoms with Gasteiger partial charge in [-0.15, -0.1) is 0 Å². The third-order valence-corrected chi connectivity index (χ3v) is 2.79. The molecule has 0 radical (unpaired) electrons. The van der Waals surface area contributed by atoms with E-state index in [-0.39, 0.29) is 5.78 Å². The molecule has 5 nitrogen and oxygen atoms in total. The van der Waals surface area contributed by atoms with E-state index in [0.717, 1.165) is 17.9 Å². The van der Waals surface area contributed by atoms with E-state index in [2.05, 4.69) is 15.3 Å². The van der Waals surface area contributed by atoms with Crippen LogP contribution in [-0.2, 0) is 13.0 Å². The fraction of sp³-hybridized carbons (Fsp3) is 0.385. The number of hydrogen-bond donors (Lipinski definition) is 0. The van der Waals surface area contributed by atoms with Gasteiger partial charge in [-0.2, -0.15) is 15.3 Å². The molecule has 2 aromatic heterocycles. The van der Waals surface area contributed by atoms with E-state index in [1.54, 1.807) is 23.1 Å². The number of rotatable bonds is 4. The summed E-state index contributed by atoms with van der Waals surface area (Å²) in [5.74, 6) is -0.0375. The highest BCUT2D eigenvalue weighted by Gasteiger charge is 2.16. The fourth-order valence-electron chi connectivity index (χ4n) is 1.78. The summed E-state index contributed by atoms with van der Waals surface area (Å²) in [5, 5.41) is 12.2. The van der Waals surface area contributed by atoms with Crippen LogP contribution in [0, 0.1) is 6.92 Å². The van der Waals surface area contributed by atoms with Crippen molar-refractivity contribution < 1.29 is 4.79 Å². The molecule has 0 amide bonds. The number of aryl methyl sites for hydroxylation is 3. The van der Waals surface area contributed by atoms with Crippen molar-refractivity contribution >= 4 is 5.78 Å². The monoisotopic (exact) mass is 244 g/mol. The third-order valence-electron chi connectivity index (χ3n) is 2.79. The Balaban J connectivity index is 2.41. The minimum absolute atomic E-state index is 0.0375. The van der Waals surface area contributed by atoms with Gasteiger partial charge in [-0.25, -0.2) is 0 Å². The molecule has 0 aliphatic carbocycles. The van der Waals surface area contributed by atoms with Crippen LogP contribution in [0.1, 0.15) is 41.2 Å². The van der Waals surface area contributed by atoms with Crippen LogP contribution < -0.4 is 0 Å². The van der Waals surface area contributed by atoms with Gasteiger partial charge in [0.2, 0.25) is 0 Å². The van der Waals surface area contributed by atoms with Crippen molar-refractivity contribution in [2.45, 2.75) is 33.7 Å². The number of ketones is 1. The van der Waals surface area contributed by atoms with Crippen LogP contribution in [0.5, 0.6) is 0 Å². The van der Waals surface area contributed by atoms with Gasteiger partial charge in [-0.05, 0) is 26.3 Å². The minimum Gasteiger partial charge on any atom is -0.288 e. The van der Waals surface area contributed by atoms with Crippen molar-refractivity contribution in [3.63, 3.8) is 0 Å². The van der Waals surface area contributed by atoms with Gasteiger partial charge in [0, 0.05) is 18.3 Å². The normalized spacial score (nSPS) is 10.6. The summed E-state index contributed by atoms with van der Waals surface area (Å²) >= 11 is 0. The van der Waals surface area contributed by atoms with Crippen LogP contribution >= 0.6 is 0 Å². The Morgan fingerprint density at radius 3 is 2.72 bits per heavy atom. The molecule has 0 saturated heterocycles. The van der Waals surface area contributed by atoms with E-state index in [0.29, 0.717) is 17.5 Å². The first kappa shape index (κ1) is 12.4. The average Bonchev–Trinajstić information content (AvgIpc) is 2.86. The standard InChI is InChI=1S/C13H16N4O/c1-4-12-11(6-9(3)15-16-12)13(18)10-7-14-17(5-2)8-10/h6-8H,4-5H2,1-3H3. The first-order valence-corrected chi connectivity index (χ1v) is 6.06. The van der Waals surface area contributed by atoms with Gasteiger partial charge >= 0.3 is 0 Å². The topological polar surface area (TPSA) is 60.7 Å². The fourth-order valence-corrected chi connectivity index (χ4v) is 1.78. The average molecular weight is 244 g/mol. The molecule has 5 heteroatoms. The molecule has 0 N–H and O–H groups in total. The predicted octanol–water partition coefficient (Wildman–Crippen LogP) is 1.79. The summed E-state index contributed by atoms with van der Waals surface area (Å²) in [4.78, 5) is 12.4. The lowest BCUT2D eigenvalue weighted by Crippen LogP contribution is -2.08. The number of nitrogens with zero attached hydrogens (tertiary/aromatic N) is 4. The van der Waals surface area contributed by atoms with Crippen molar-refractivity contribution in [3.8, 4) is 0 Å². The van der Waals surface area contributed by atoms with Crippen molar-refractivity contribution in [1.29, 1.82) is 0 Å². The highest BCUT2D eigenvalue weighted by molar-refractivity contribution is 6.09. The van der Waals surface area contributed by atoms with Crippen molar-refractivity contribution in [2.75, 3.05) is 0 Å². The highest BCUT2D eigenvalue weighted by atomic mass is 16.1. The van der Waals surface area contributed by atoms with E-state index in [9.17, 15) is 4.79 Å². The number of aromatic nitrogens is 4. The van der Waals surface area contributed by atoms with Crippen molar-refractivity contribution in [1.82, 2.24) is 20.0 Å². The Hall–Kier alpha value is -2.04. The molecule has 18 heavy (non-hydrogen) atoms. The Labute approximate surface area is 106 Å². The van der Waals surface area contributed by atoms with Crippen molar-refractivity contribution in [3.05, 3.63) is 41.0 Å². The van der Waals surface area contributed by atoms with Crippen molar-refractivity contribution in [2.24, 2.45) is 0 Å². The van der Waals surface area contributed by atoms with Gasteiger partial charge in [-0.3, -0.25) is 9.48 Å². The molecule has 0 unspecified atom stereocenters. The van der Waals surface area contributed by atoms with Crippen LogP contribution in [0.3, 0.4) is 0 Å². The lowest BCUT2D eigenvalue weighted by atomic mass is 10.0. The lowest BCUT2D eigenvalue weighted by molar-refractivity contribution is 0.103. The van der Waals surface area contributed by atoms with Gasteiger partial charge in [0.15, 0.2) is 5.78 Å². The van der Waals surface area contributed by atoms with Crippen LogP contribution in [0.15, 0.2) is 18.5 Å². The van der Waals surface area contributed by atoms with Crippen LogP contribution in [0.25, 0.3) is 0 Å². The molecule has 0 spiro atoms. The molecule has 0 bridgehead atoms. The molecule has 0 aliphatic rings. The maximum Gasteiger partial charge on any atom is 0.198 e. The van der Waals surface area contributed by atoms with E-state index in [1.165, 1.54) is 0 Å². The minimum atomic E-state index is -0.0375. The van der Waals surface area contributed by atoms with Gasteiger partial charge in [0.1, 0.15) is 0 Å². The maximum absolute atomic E-state index is 12.4. The highest BCUT2D eigenvalue weighted by Crippen LogP contribution is 2.13. The molecule has 2 rings (SSSR count). The lowest BCUT2D eigenvalue weighted by Gasteiger charge is -2.04. The second-order valence-corrected chi connectivity index (χ2v) is 4.11. The molecule has 0 fully saturated rings. The summed E-state index contributed by atoms with van der Waals surface area (Å²) in [6, 6.07) is 1.79. The molecule has 94 valence electrons. The van der Waals surface area contributed by atoms with E-state index >= 15 is 0 Å². The molecule has 0 saturated carbocycles. The van der Waals surface area contributed by atoms with Gasteiger partial charge in [0.25, 0.3) is 0 Å². The van der Waals surface area contributed by atoms with Crippen LogP contribution in [0.2, 0.25) is 0 Å². The largest absolute Gasteiger partial charge is 0.288 e. The molecule has 0 aliphatic heterocycles. The smallest absolute Gasteiger partial charge is 0.198 e. The second kappa shape index (κ2) is 5.08. The molecular weight excluding hydrogens is 228 g/mol. The third kappa shape index (κ3) is 2.30. The first-order chi connectivity index (χ1) is 8.65. The van der Waals surface area contributed by atoms with Crippen LogP contribution in [-0.4, -0.2) is 25.8 Å². The zero-order valence-electron chi connectivity index (χ0n) is 10.8. The quantitative estimate of drug-likeness (QED) is 0.769. The van der Waals surface area contributed by atoms with Gasteiger partial charge in [0.05, 0.1) is 23.1 Å². The van der Waals surface area contributed by atoms with E-state index in [1.807, 2.05) is 20.8 Å². The second-order valence-electron chi connectivity index (χ2n) is 4.11. The SMILES string of the molecule is CCc1nnc(C)cc1C(=O)c1cnn(CC)c1.